The number of carbonyl (C=O) groups excluding carboxylic acids is 1. The van der Waals surface area contributed by atoms with Gasteiger partial charge in [-0.2, -0.15) is 10.1 Å². The van der Waals surface area contributed by atoms with Crippen molar-refractivity contribution in [3.8, 4) is 28.6 Å². The van der Waals surface area contributed by atoms with Crippen molar-refractivity contribution in [1.82, 2.24) is 25.2 Å². The molecule has 0 bridgehead atoms. The van der Waals surface area contributed by atoms with Crippen LogP contribution in [0, 0.1) is 0 Å². The fraction of sp³-hybridized carbons (Fsp3) is 0.294. The first-order valence-corrected chi connectivity index (χ1v) is 8.24. The second kappa shape index (κ2) is 6.98. The summed E-state index contributed by atoms with van der Waals surface area (Å²) in [5.74, 6) is 2.15. The molecule has 3 heterocycles. The summed E-state index contributed by atoms with van der Waals surface area (Å²) in [6, 6.07) is 5.14. The summed E-state index contributed by atoms with van der Waals surface area (Å²) in [5.41, 5.74) is 0.735. The van der Waals surface area contributed by atoms with Crippen molar-refractivity contribution < 1.29 is 23.5 Å². The number of nitrogens with one attached hydrogen (secondary N) is 1. The van der Waals surface area contributed by atoms with Crippen molar-refractivity contribution in [2.24, 2.45) is 7.05 Å². The molecule has 1 unspecified atom stereocenters. The third-order valence-electron chi connectivity index (χ3n) is 3.87. The summed E-state index contributed by atoms with van der Waals surface area (Å²) in [7, 11) is 1.80. The molecule has 0 saturated carbocycles. The minimum absolute atomic E-state index is 0.0981. The zero-order chi connectivity index (χ0) is 18.8. The number of aromatic nitrogens is 4. The number of aryl methyl sites for hydroxylation is 1. The molecule has 4 rings (SSSR count). The molecule has 10 heteroatoms. The summed E-state index contributed by atoms with van der Waals surface area (Å²) in [6.07, 6.45) is 2.69. The first-order valence-electron chi connectivity index (χ1n) is 8.24. The van der Waals surface area contributed by atoms with E-state index in [-0.39, 0.29) is 25.1 Å². The lowest BCUT2D eigenvalue weighted by atomic mass is 10.3. The van der Waals surface area contributed by atoms with Gasteiger partial charge in [0.05, 0.1) is 18.3 Å². The molecule has 27 heavy (non-hydrogen) atoms. The van der Waals surface area contributed by atoms with E-state index in [0.717, 1.165) is 5.56 Å². The third kappa shape index (κ3) is 3.68. The van der Waals surface area contributed by atoms with E-state index in [0.29, 0.717) is 23.1 Å². The lowest BCUT2D eigenvalue weighted by molar-refractivity contribution is -0.127. The lowest BCUT2D eigenvalue weighted by Crippen LogP contribution is -2.35. The molecule has 1 amide bonds. The number of rotatable bonds is 6. The maximum atomic E-state index is 12.2. The van der Waals surface area contributed by atoms with E-state index in [2.05, 4.69) is 20.6 Å². The van der Waals surface area contributed by atoms with Crippen LogP contribution in [0.1, 0.15) is 12.8 Å². The van der Waals surface area contributed by atoms with Gasteiger partial charge in [-0.25, -0.2) is 0 Å². The number of amides is 1. The molecule has 1 aliphatic rings. The van der Waals surface area contributed by atoms with E-state index in [1.807, 2.05) is 0 Å². The number of hydrogen-bond donors (Lipinski definition) is 1. The Kier molecular flexibility index (Phi) is 4.37. The van der Waals surface area contributed by atoms with Gasteiger partial charge in [0.1, 0.15) is 5.75 Å². The van der Waals surface area contributed by atoms with E-state index >= 15 is 0 Å². The Bertz CT molecular complexity index is 966. The third-order valence-corrected chi connectivity index (χ3v) is 3.87. The van der Waals surface area contributed by atoms with Crippen LogP contribution in [0.3, 0.4) is 0 Å². The van der Waals surface area contributed by atoms with Crippen LogP contribution in [-0.4, -0.2) is 38.7 Å². The van der Waals surface area contributed by atoms with E-state index in [9.17, 15) is 4.79 Å². The van der Waals surface area contributed by atoms with Gasteiger partial charge >= 0.3 is 0 Å². The standard InChI is InChI=1S/C17H17N5O5/c1-10(26-12-3-4-13-14(5-12)25-9-24-13)17(23)18-7-15-20-16(21-27-15)11-6-19-22(2)8-11/h3-6,8,10H,7,9H2,1-2H3,(H,18,23). The molecule has 0 saturated heterocycles. The highest BCUT2D eigenvalue weighted by atomic mass is 16.7. The van der Waals surface area contributed by atoms with E-state index < -0.39 is 6.10 Å². The molecule has 1 N–H and O–H groups in total. The Morgan fingerprint density at radius 3 is 3.04 bits per heavy atom. The Balaban J connectivity index is 1.32. The molecule has 0 radical (unpaired) electrons. The van der Waals surface area contributed by atoms with Gasteiger partial charge in [0, 0.05) is 19.3 Å². The van der Waals surface area contributed by atoms with Gasteiger partial charge in [-0.15, -0.1) is 0 Å². The number of nitrogens with zero attached hydrogens (tertiary/aromatic N) is 4. The molecule has 3 aromatic rings. The second-order valence-corrected chi connectivity index (χ2v) is 5.91. The monoisotopic (exact) mass is 371 g/mol. The zero-order valence-electron chi connectivity index (χ0n) is 14.7. The topological polar surface area (TPSA) is 114 Å². The van der Waals surface area contributed by atoms with Crippen LogP contribution in [0.15, 0.2) is 35.1 Å². The van der Waals surface area contributed by atoms with Crippen LogP contribution in [0.4, 0.5) is 0 Å². The predicted octanol–water partition coefficient (Wildman–Crippen LogP) is 1.28. The average Bonchev–Trinajstić information content (AvgIpc) is 3.39. The minimum atomic E-state index is -0.717. The number of carbonyl (C=O) groups is 1. The number of ether oxygens (including phenoxy) is 3. The van der Waals surface area contributed by atoms with Crippen LogP contribution in [-0.2, 0) is 18.4 Å². The molecule has 140 valence electrons. The van der Waals surface area contributed by atoms with Crippen LogP contribution < -0.4 is 19.5 Å². The highest BCUT2D eigenvalue weighted by molar-refractivity contribution is 5.80. The largest absolute Gasteiger partial charge is 0.481 e. The Hall–Kier alpha value is -3.56. The van der Waals surface area contributed by atoms with Crippen molar-refractivity contribution in [3.05, 3.63) is 36.5 Å². The fourth-order valence-electron chi connectivity index (χ4n) is 2.49. The maximum Gasteiger partial charge on any atom is 0.261 e. The van der Waals surface area contributed by atoms with Crippen LogP contribution in [0.5, 0.6) is 17.2 Å². The highest BCUT2D eigenvalue weighted by Gasteiger charge is 2.19. The molecule has 2 aromatic heterocycles. The van der Waals surface area contributed by atoms with Gasteiger partial charge in [-0.1, -0.05) is 5.16 Å². The van der Waals surface area contributed by atoms with Crippen molar-refractivity contribution in [2.45, 2.75) is 19.6 Å². The first-order chi connectivity index (χ1) is 13.1. The summed E-state index contributed by atoms with van der Waals surface area (Å²) in [6.45, 7) is 1.93. The Morgan fingerprint density at radius 2 is 2.22 bits per heavy atom. The van der Waals surface area contributed by atoms with Gasteiger partial charge in [0.25, 0.3) is 5.91 Å². The Morgan fingerprint density at radius 1 is 1.37 bits per heavy atom. The summed E-state index contributed by atoms with van der Waals surface area (Å²) < 4.78 is 23.0. The van der Waals surface area contributed by atoms with Crippen LogP contribution in [0.25, 0.3) is 11.4 Å². The van der Waals surface area contributed by atoms with Gasteiger partial charge in [-0.3, -0.25) is 9.48 Å². The van der Waals surface area contributed by atoms with Crippen molar-refractivity contribution in [3.63, 3.8) is 0 Å². The SMILES string of the molecule is CC(Oc1ccc2c(c1)OCO2)C(=O)NCc1nc(-c2cnn(C)c2)no1. The number of hydrogen-bond acceptors (Lipinski definition) is 8. The molecule has 10 nitrogen and oxygen atoms in total. The van der Waals surface area contributed by atoms with Crippen LogP contribution >= 0.6 is 0 Å². The van der Waals surface area contributed by atoms with Crippen molar-refractivity contribution in [1.29, 1.82) is 0 Å². The zero-order valence-corrected chi connectivity index (χ0v) is 14.7. The normalized spacial score (nSPS) is 13.4. The minimum Gasteiger partial charge on any atom is -0.481 e. The van der Waals surface area contributed by atoms with Crippen LogP contribution in [0.2, 0.25) is 0 Å². The molecular formula is C17H17N5O5. The molecule has 0 spiro atoms. The van der Waals surface area contributed by atoms with Gasteiger partial charge in [-0.05, 0) is 19.1 Å². The highest BCUT2D eigenvalue weighted by Crippen LogP contribution is 2.35. The van der Waals surface area contributed by atoms with Gasteiger partial charge < -0.3 is 24.1 Å². The quantitative estimate of drug-likeness (QED) is 0.689. The van der Waals surface area contributed by atoms with E-state index in [4.69, 9.17) is 18.7 Å². The lowest BCUT2D eigenvalue weighted by Gasteiger charge is -2.14. The Labute approximate surface area is 154 Å². The van der Waals surface area contributed by atoms with E-state index in [1.54, 1.807) is 49.2 Å². The molecule has 1 atom stereocenters. The number of benzene rings is 1. The molecule has 0 fully saturated rings. The maximum absolute atomic E-state index is 12.2. The first kappa shape index (κ1) is 16.9. The van der Waals surface area contributed by atoms with E-state index in [1.165, 1.54) is 0 Å². The van der Waals surface area contributed by atoms with Crippen molar-refractivity contribution >= 4 is 5.91 Å². The van der Waals surface area contributed by atoms with Gasteiger partial charge in [0.2, 0.25) is 18.5 Å². The summed E-state index contributed by atoms with van der Waals surface area (Å²) in [4.78, 5) is 16.5. The smallest absolute Gasteiger partial charge is 0.261 e. The fourth-order valence-corrected chi connectivity index (χ4v) is 2.49. The average molecular weight is 371 g/mol. The second-order valence-electron chi connectivity index (χ2n) is 5.91. The molecular weight excluding hydrogens is 354 g/mol. The van der Waals surface area contributed by atoms with Gasteiger partial charge in [0.15, 0.2) is 17.6 Å². The summed E-state index contributed by atoms with van der Waals surface area (Å²) in [5, 5.41) is 10.6. The van der Waals surface area contributed by atoms with Crippen molar-refractivity contribution in [2.75, 3.05) is 6.79 Å². The molecule has 1 aromatic carbocycles. The molecule has 0 aliphatic carbocycles. The summed E-state index contributed by atoms with van der Waals surface area (Å²) >= 11 is 0. The predicted molar refractivity (Wildman–Crippen MR) is 91.0 cm³/mol. The number of fused-ring (bicyclic) bond motifs is 1. The molecule has 1 aliphatic heterocycles.